The van der Waals surface area contributed by atoms with Crippen LogP contribution in [0.3, 0.4) is 0 Å². The summed E-state index contributed by atoms with van der Waals surface area (Å²) in [7, 11) is 0. The van der Waals surface area contributed by atoms with Gasteiger partial charge in [-0.15, -0.1) is 0 Å². The third-order valence-corrected chi connectivity index (χ3v) is 5.25. The second-order valence-electron chi connectivity index (χ2n) is 6.80. The number of ether oxygens (including phenoxy) is 2. The normalized spacial score (nSPS) is 24.7. The molecule has 0 spiro atoms. The third-order valence-electron chi connectivity index (χ3n) is 5.25. The first-order valence-corrected chi connectivity index (χ1v) is 9.23. The van der Waals surface area contributed by atoms with Gasteiger partial charge in [0.1, 0.15) is 0 Å². The van der Waals surface area contributed by atoms with Crippen LogP contribution in [0.2, 0.25) is 0 Å². The molecule has 0 N–H and O–H groups in total. The van der Waals surface area contributed by atoms with Crippen LogP contribution in [0.1, 0.15) is 45.4 Å². The molecule has 0 aromatic carbocycles. The molecule has 2 fully saturated rings. The van der Waals surface area contributed by atoms with Gasteiger partial charge in [-0.1, -0.05) is 6.08 Å². The zero-order valence-corrected chi connectivity index (χ0v) is 14.3. The molecule has 5 heteroatoms. The summed E-state index contributed by atoms with van der Waals surface area (Å²) in [5, 5.41) is 0. The second kappa shape index (κ2) is 8.27. The van der Waals surface area contributed by atoms with Crippen LogP contribution in [0, 0.1) is 5.92 Å². The van der Waals surface area contributed by atoms with Gasteiger partial charge >= 0.3 is 0 Å². The molecule has 23 heavy (non-hydrogen) atoms. The van der Waals surface area contributed by atoms with E-state index >= 15 is 0 Å². The molecule has 2 saturated heterocycles. The average Bonchev–Trinajstić information content (AvgIpc) is 3.12. The zero-order valence-electron chi connectivity index (χ0n) is 14.3. The topological polar surface area (TPSA) is 42.0 Å². The number of likely N-dealkylation sites (N-methyl/N-ethyl adjacent to an activating group) is 1. The number of amides is 1. The number of carbonyl (C=O) groups is 1. The Morgan fingerprint density at radius 1 is 1.26 bits per heavy atom. The fraction of sp³-hybridized carbons (Fsp3) is 0.833. The van der Waals surface area contributed by atoms with Crippen LogP contribution < -0.4 is 0 Å². The van der Waals surface area contributed by atoms with E-state index in [1.165, 1.54) is 18.5 Å². The van der Waals surface area contributed by atoms with Crippen molar-refractivity contribution in [3.8, 4) is 0 Å². The van der Waals surface area contributed by atoms with Gasteiger partial charge in [0.15, 0.2) is 6.29 Å². The van der Waals surface area contributed by atoms with E-state index in [0.717, 1.165) is 58.5 Å². The monoisotopic (exact) mass is 322 g/mol. The van der Waals surface area contributed by atoms with E-state index in [4.69, 9.17) is 9.47 Å². The van der Waals surface area contributed by atoms with Crippen LogP contribution in [0.25, 0.3) is 0 Å². The van der Waals surface area contributed by atoms with Crippen LogP contribution in [0.5, 0.6) is 0 Å². The van der Waals surface area contributed by atoms with E-state index in [9.17, 15) is 4.79 Å². The summed E-state index contributed by atoms with van der Waals surface area (Å²) >= 11 is 0. The molecule has 0 atom stereocenters. The summed E-state index contributed by atoms with van der Waals surface area (Å²) in [5.74, 6) is 0.750. The van der Waals surface area contributed by atoms with Crippen LogP contribution in [0.4, 0.5) is 0 Å². The second-order valence-corrected chi connectivity index (χ2v) is 6.80. The Morgan fingerprint density at radius 2 is 2.00 bits per heavy atom. The molecule has 2 heterocycles. The van der Waals surface area contributed by atoms with E-state index in [-0.39, 0.29) is 12.2 Å². The number of hydrogen-bond acceptors (Lipinski definition) is 4. The van der Waals surface area contributed by atoms with Crippen LogP contribution >= 0.6 is 0 Å². The molecule has 3 rings (SSSR count). The first kappa shape index (κ1) is 16.9. The number of likely N-dealkylation sites (tertiary alicyclic amines) is 1. The number of carbonyl (C=O) groups excluding carboxylic acids is 1. The lowest BCUT2D eigenvalue weighted by Gasteiger charge is -2.35. The molecule has 2 aliphatic heterocycles. The Bertz CT molecular complexity index is 424. The summed E-state index contributed by atoms with van der Waals surface area (Å²) in [6.45, 7) is 6.80. The molecule has 130 valence electrons. The number of rotatable bonds is 5. The van der Waals surface area contributed by atoms with E-state index in [0.29, 0.717) is 12.5 Å². The van der Waals surface area contributed by atoms with Crippen LogP contribution in [-0.4, -0.2) is 61.4 Å². The van der Waals surface area contributed by atoms with Gasteiger partial charge in [-0.25, -0.2) is 0 Å². The van der Waals surface area contributed by atoms with Crippen molar-refractivity contribution in [3.63, 3.8) is 0 Å². The molecule has 3 aliphatic rings. The smallest absolute Gasteiger partial charge is 0.240 e. The minimum Gasteiger partial charge on any atom is -0.350 e. The molecular formula is C18H30N2O3. The fourth-order valence-corrected chi connectivity index (χ4v) is 3.91. The highest BCUT2D eigenvalue weighted by Crippen LogP contribution is 2.26. The molecule has 0 aromatic rings. The Balaban J connectivity index is 1.47. The minimum atomic E-state index is -0.00705. The van der Waals surface area contributed by atoms with Gasteiger partial charge in [-0.2, -0.15) is 0 Å². The maximum Gasteiger partial charge on any atom is 0.240 e. The van der Waals surface area contributed by atoms with Crippen molar-refractivity contribution in [2.24, 2.45) is 5.92 Å². The predicted molar refractivity (Wildman–Crippen MR) is 88.8 cm³/mol. The lowest BCUT2D eigenvalue weighted by atomic mass is 9.96. The van der Waals surface area contributed by atoms with Crippen molar-refractivity contribution in [2.45, 2.75) is 51.7 Å². The third kappa shape index (κ3) is 4.34. The quantitative estimate of drug-likeness (QED) is 0.779. The zero-order chi connectivity index (χ0) is 16.1. The van der Waals surface area contributed by atoms with Crippen molar-refractivity contribution in [2.75, 3.05) is 39.4 Å². The Labute approximate surface area is 139 Å². The molecule has 0 radical (unpaired) electrons. The highest BCUT2D eigenvalue weighted by atomic mass is 16.7. The van der Waals surface area contributed by atoms with Crippen molar-refractivity contribution >= 4 is 5.91 Å². The number of nitrogens with zero attached hydrogens (tertiary/aromatic N) is 2. The highest BCUT2D eigenvalue weighted by molar-refractivity contribution is 5.80. The van der Waals surface area contributed by atoms with Gasteiger partial charge in [-0.05, 0) is 58.5 Å². The molecule has 1 aliphatic carbocycles. The average molecular weight is 322 g/mol. The number of allylic oxidation sites excluding steroid dienone is 2. The largest absolute Gasteiger partial charge is 0.350 e. The van der Waals surface area contributed by atoms with Gasteiger partial charge in [0.25, 0.3) is 0 Å². The standard InChI is InChI=1S/C18H30N2O3/c1-2-20(16-6-4-3-5-7-16)17(21)14-19-10-8-15(9-11-19)18-22-12-13-23-18/h6,15,18H,2-5,7-14H2,1H3. The number of piperidine rings is 1. The lowest BCUT2D eigenvalue weighted by Crippen LogP contribution is -2.44. The maximum atomic E-state index is 12.7. The minimum absolute atomic E-state index is 0.00705. The lowest BCUT2D eigenvalue weighted by molar-refractivity contribution is -0.132. The van der Waals surface area contributed by atoms with E-state index in [1.807, 2.05) is 4.90 Å². The molecule has 0 aromatic heterocycles. The maximum absolute atomic E-state index is 12.7. The van der Waals surface area contributed by atoms with Gasteiger partial charge in [0, 0.05) is 18.2 Å². The van der Waals surface area contributed by atoms with E-state index < -0.39 is 0 Å². The van der Waals surface area contributed by atoms with Crippen LogP contribution in [-0.2, 0) is 14.3 Å². The van der Waals surface area contributed by atoms with Crippen molar-refractivity contribution in [3.05, 3.63) is 11.8 Å². The summed E-state index contributed by atoms with van der Waals surface area (Å²) < 4.78 is 11.2. The van der Waals surface area contributed by atoms with E-state index in [2.05, 4.69) is 17.9 Å². The summed E-state index contributed by atoms with van der Waals surface area (Å²) in [6.07, 6.45) is 9.01. The van der Waals surface area contributed by atoms with E-state index in [1.54, 1.807) is 0 Å². The fourth-order valence-electron chi connectivity index (χ4n) is 3.91. The van der Waals surface area contributed by atoms with Crippen molar-refractivity contribution < 1.29 is 14.3 Å². The number of hydrogen-bond donors (Lipinski definition) is 0. The summed E-state index contributed by atoms with van der Waals surface area (Å²) in [5.41, 5.74) is 1.24. The molecular weight excluding hydrogens is 292 g/mol. The SMILES string of the molecule is CCN(C(=O)CN1CCC(C2OCCO2)CC1)C1=CCCCC1. The molecule has 0 unspecified atom stereocenters. The van der Waals surface area contributed by atoms with Gasteiger partial charge < -0.3 is 14.4 Å². The van der Waals surface area contributed by atoms with Crippen molar-refractivity contribution in [1.82, 2.24) is 9.80 Å². The first-order valence-electron chi connectivity index (χ1n) is 9.23. The Kier molecular flexibility index (Phi) is 6.08. The molecule has 0 saturated carbocycles. The van der Waals surface area contributed by atoms with Crippen LogP contribution in [0.15, 0.2) is 11.8 Å². The molecule has 5 nitrogen and oxygen atoms in total. The van der Waals surface area contributed by atoms with Gasteiger partial charge in [0.05, 0.1) is 19.8 Å². The summed E-state index contributed by atoms with van der Waals surface area (Å²) in [4.78, 5) is 17.0. The first-order chi connectivity index (χ1) is 11.3. The van der Waals surface area contributed by atoms with Crippen molar-refractivity contribution in [1.29, 1.82) is 0 Å². The predicted octanol–water partition coefficient (Wildman–Crippen LogP) is 2.38. The summed E-state index contributed by atoms with van der Waals surface area (Å²) in [6, 6.07) is 0. The highest BCUT2D eigenvalue weighted by Gasteiger charge is 2.31. The Morgan fingerprint density at radius 3 is 2.61 bits per heavy atom. The van der Waals surface area contributed by atoms with Gasteiger partial charge in [0.2, 0.25) is 5.91 Å². The molecule has 0 bridgehead atoms. The molecule has 1 amide bonds. The Hall–Kier alpha value is -0.910. The van der Waals surface area contributed by atoms with Gasteiger partial charge in [-0.3, -0.25) is 9.69 Å².